The summed E-state index contributed by atoms with van der Waals surface area (Å²) in [6.07, 6.45) is 2.05. The molecule has 0 aliphatic carbocycles. The van der Waals surface area contributed by atoms with E-state index in [1.54, 1.807) is 0 Å². The van der Waals surface area contributed by atoms with Gasteiger partial charge in [-0.15, -0.1) is 0 Å². The summed E-state index contributed by atoms with van der Waals surface area (Å²) in [5.74, 6) is 1.45. The molecule has 0 unspecified atom stereocenters. The number of hydrogen-bond acceptors (Lipinski definition) is 3. The average Bonchev–Trinajstić information content (AvgIpc) is 2.64. The smallest absolute Gasteiger partial charge is 0.179 e. The lowest BCUT2D eigenvalue weighted by molar-refractivity contribution is 0.297. The first kappa shape index (κ1) is 15.5. The summed E-state index contributed by atoms with van der Waals surface area (Å²) >= 11 is 6.28. The van der Waals surface area contributed by atoms with Crippen LogP contribution >= 0.6 is 11.6 Å². The van der Waals surface area contributed by atoms with E-state index in [4.69, 9.17) is 21.1 Å². The third-order valence-corrected chi connectivity index (χ3v) is 4.03. The van der Waals surface area contributed by atoms with Crippen LogP contribution in [0.15, 0.2) is 12.1 Å². The third kappa shape index (κ3) is 4.03. The van der Waals surface area contributed by atoms with Gasteiger partial charge in [-0.1, -0.05) is 32.4 Å². The number of rotatable bonds is 5. The largest absolute Gasteiger partial charge is 0.489 e. The van der Waals surface area contributed by atoms with Crippen molar-refractivity contribution in [2.75, 3.05) is 19.8 Å². The topological polar surface area (TPSA) is 30.5 Å². The van der Waals surface area contributed by atoms with Crippen molar-refractivity contribution < 1.29 is 9.47 Å². The maximum Gasteiger partial charge on any atom is 0.179 e. The van der Waals surface area contributed by atoms with E-state index in [1.807, 2.05) is 12.1 Å². The molecule has 3 nitrogen and oxygen atoms in total. The molecule has 2 rings (SSSR count). The zero-order chi connectivity index (χ0) is 14.6. The molecular formula is C16H24ClNO2. The summed E-state index contributed by atoms with van der Waals surface area (Å²) < 4.78 is 11.3. The van der Waals surface area contributed by atoms with Crippen LogP contribution in [0, 0.1) is 5.41 Å². The molecule has 1 aromatic rings. The van der Waals surface area contributed by atoms with Crippen molar-refractivity contribution in [3.63, 3.8) is 0 Å². The van der Waals surface area contributed by atoms with Crippen LogP contribution in [0.4, 0.5) is 0 Å². The van der Waals surface area contributed by atoms with Crippen LogP contribution in [0.3, 0.4) is 0 Å². The first-order valence-corrected chi connectivity index (χ1v) is 7.68. The van der Waals surface area contributed by atoms with Crippen molar-refractivity contribution >= 4 is 11.6 Å². The lowest BCUT2D eigenvalue weighted by Crippen LogP contribution is -2.28. The van der Waals surface area contributed by atoms with Gasteiger partial charge >= 0.3 is 0 Å². The summed E-state index contributed by atoms with van der Waals surface area (Å²) in [7, 11) is 0. The second-order valence-corrected chi connectivity index (χ2v) is 6.48. The van der Waals surface area contributed by atoms with Gasteiger partial charge in [0.2, 0.25) is 0 Å². The molecule has 0 aromatic heterocycles. The van der Waals surface area contributed by atoms with Gasteiger partial charge in [-0.3, -0.25) is 0 Å². The van der Waals surface area contributed by atoms with Crippen molar-refractivity contribution in [2.45, 2.75) is 40.2 Å². The normalized spacial score (nSPS) is 15.0. The fraction of sp³-hybridized carbons (Fsp3) is 0.625. The Morgan fingerprint density at radius 3 is 2.75 bits per heavy atom. The molecule has 0 bridgehead atoms. The molecule has 0 spiro atoms. The molecule has 112 valence electrons. The molecule has 1 aliphatic rings. The number of hydrogen-bond donors (Lipinski definition) is 1. The summed E-state index contributed by atoms with van der Waals surface area (Å²) in [6.45, 7) is 9.86. The second-order valence-electron chi connectivity index (χ2n) is 6.08. The molecule has 4 heteroatoms. The minimum absolute atomic E-state index is 0.315. The minimum atomic E-state index is 0.315. The molecule has 1 aliphatic heterocycles. The molecule has 1 heterocycles. The molecule has 0 saturated carbocycles. The van der Waals surface area contributed by atoms with E-state index in [-0.39, 0.29) is 0 Å². The van der Waals surface area contributed by atoms with Crippen molar-refractivity contribution in [1.29, 1.82) is 0 Å². The van der Waals surface area contributed by atoms with E-state index in [0.717, 1.165) is 37.2 Å². The van der Waals surface area contributed by atoms with Gasteiger partial charge < -0.3 is 14.8 Å². The Morgan fingerprint density at radius 2 is 2.00 bits per heavy atom. The zero-order valence-corrected chi connectivity index (χ0v) is 13.3. The number of benzene rings is 1. The maximum atomic E-state index is 6.28. The average molecular weight is 298 g/mol. The third-order valence-electron chi connectivity index (χ3n) is 3.75. The molecule has 0 radical (unpaired) electrons. The van der Waals surface area contributed by atoms with E-state index >= 15 is 0 Å². The Balaban J connectivity index is 2.02. The molecule has 0 atom stereocenters. The molecule has 0 fully saturated rings. The highest BCUT2D eigenvalue weighted by atomic mass is 35.5. The number of nitrogens with one attached hydrogen (secondary N) is 1. The van der Waals surface area contributed by atoms with Gasteiger partial charge in [0.1, 0.15) is 0 Å². The standard InChI is InChI=1S/C16H24ClNO2/c1-4-16(2,3)11-18-10-12-8-13(17)15-14(9-12)19-6-5-7-20-15/h8-9,18H,4-7,10-11H2,1-3H3. The minimum Gasteiger partial charge on any atom is -0.489 e. The van der Waals surface area contributed by atoms with Crippen LogP contribution < -0.4 is 14.8 Å². The summed E-state index contributed by atoms with van der Waals surface area (Å²) in [5.41, 5.74) is 1.45. The maximum absolute atomic E-state index is 6.28. The molecular weight excluding hydrogens is 274 g/mol. The monoisotopic (exact) mass is 297 g/mol. The first-order valence-electron chi connectivity index (χ1n) is 7.30. The Labute approximate surface area is 126 Å². The molecule has 1 N–H and O–H groups in total. The highest BCUT2D eigenvalue weighted by Gasteiger charge is 2.17. The molecule has 0 amide bonds. The van der Waals surface area contributed by atoms with Gasteiger partial charge in [-0.05, 0) is 29.5 Å². The fourth-order valence-electron chi connectivity index (χ4n) is 2.06. The summed E-state index contributed by atoms with van der Waals surface area (Å²) in [4.78, 5) is 0. The van der Waals surface area contributed by atoms with Gasteiger partial charge in [0.05, 0.1) is 18.2 Å². The fourth-order valence-corrected chi connectivity index (χ4v) is 2.34. The van der Waals surface area contributed by atoms with Gasteiger partial charge in [-0.2, -0.15) is 0 Å². The molecule has 0 saturated heterocycles. The van der Waals surface area contributed by atoms with E-state index in [2.05, 4.69) is 26.1 Å². The highest BCUT2D eigenvalue weighted by molar-refractivity contribution is 6.32. The predicted octanol–water partition coefficient (Wildman–Crippen LogP) is 4.03. The van der Waals surface area contributed by atoms with Gasteiger partial charge in [0.15, 0.2) is 11.5 Å². The number of fused-ring (bicyclic) bond motifs is 1. The van der Waals surface area contributed by atoms with Gasteiger partial charge in [0, 0.05) is 19.5 Å². The summed E-state index contributed by atoms with van der Waals surface area (Å²) in [6, 6.07) is 3.99. The van der Waals surface area contributed by atoms with Crippen molar-refractivity contribution in [2.24, 2.45) is 5.41 Å². The predicted molar refractivity (Wildman–Crippen MR) is 82.8 cm³/mol. The molecule has 20 heavy (non-hydrogen) atoms. The van der Waals surface area contributed by atoms with Crippen LogP contribution in [0.25, 0.3) is 0 Å². The number of ether oxygens (including phenoxy) is 2. The van der Waals surface area contributed by atoms with Crippen molar-refractivity contribution in [3.05, 3.63) is 22.7 Å². The van der Waals surface area contributed by atoms with Gasteiger partial charge in [0.25, 0.3) is 0 Å². The van der Waals surface area contributed by atoms with Crippen LogP contribution in [-0.4, -0.2) is 19.8 Å². The van der Waals surface area contributed by atoms with E-state index in [0.29, 0.717) is 29.4 Å². The highest BCUT2D eigenvalue weighted by Crippen LogP contribution is 2.38. The van der Waals surface area contributed by atoms with E-state index < -0.39 is 0 Å². The van der Waals surface area contributed by atoms with Crippen LogP contribution in [0.2, 0.25) is 5.02 Å². The zero-order valence-electron chi connectivity index (χ0n) is 12.6. The summed E-state index contributed by atoms with van der Waals surface area (Å²) in [5, 5.41) is 4.12. The Bertz CT molecular complexity index is 460. The van der Waals surface area contributed by atoms with Crippen LogP contribution in [0.5, 0.6) is 11.5 Å². The lowest BCUT2D eigenvalue weighted by atomic mass is 9.90. The Kier molecular flexibility index (Phi) is 5.17. The first-order chi connectivity index (χ1) is 9.52. The van der Waals surface area contributed by atoms with Crippen molar-refractivity contribution in [1.82, 2.24) is 5.32 Å². The molecule has 1 aromatic carbocycles. The SMILES string of the molecule is CCC(C)(C)CNCc1cc(Cl)c2c(c1)OCCCO2. The Morgan fingerprint density at radius 1 is 1.25 bits per heavy atom. The quantitative estimate of drug-likeness (QED) is 0.890. The number of halogens is 1. The van der Waals surface area contributed by atoms with E-state index in [9.17, 15) is 0 Å². The Hall–Kier alpha value is -0.930. The van der Waals surface area contributed by atoms with Crippen molar-refractivity contribution in [3.8, 4) is 11.5 Å². The van der Waals surface area contributed by atoms with E-state index in [1.165, 1.54) is 0 Å². The lowest BCUT2D eigenvalue weighted by Gasteiger charge is -2.23. The second kappa shape index (κ2) is 6.68. The van der Waals surface area contributed by atoms with Gasteiger partial charge in [-0.25, -0.2) is 0 Å². The van der Waals surface area contributed by atoms with Crippen LogP contribution in [-0.2, 0) is 6.54 Å². The van der Waals surface area contributed by atoms with Crippen LogP contribution in [0.1, 0.15) is 39.2 Å².